The molecular weight excluding hydrogens is 260 g/mol. The Hall–Kier alpha value is -0.600. The van der Waals surface area contributed by atoms with Gasteiger partial charge in [0.1, 0.15) is 0 Å². The molecule has 0 bridgehead atoms. The van der Waals surface area contributed by atoms with Crippen molar-refractivity contribution in [2.24, 2.45) is 11.8 Å². The molecule has 0 saturated heterocycles. The molecule has 2 nitrogen and oxygen atoms in total. The Morgan fingerprint density at radius 1 is 1.19 bits per heavy atom. The fraction of sp³-hybridized carbons (Fsp3) is 0.789. The molecule has 0 radical (unpaired) electrons. The Labute approximate surface area is 131 Å². The lowest BCUT2D eigenvalue weighted by Gasteiger charge is -2.32. The molecule has 1 saturated carbocycles. The summed E-state index contributed by atoms with van der Waals surface area (Å²) < 4.78 is 5.83. The minimum absolute atomic E-state index is 0.274. The minimum atomic E-state index is 0.274. The van der Waals surface area contributed by atoms with Gasteiger partial charge in [-0.05, 0) is 45.4 Å². The van der Waals surface area contributed by atoms with Gasteiger partial charge in [-0.3, -0.25) is 0 Å². The van der Waals surface area contributed by atoms with E-state index in [4.69, 9.17) is 9.84 Å². The number of aliphatic hydroxyl groups is 1. The highest BCUT2D eigenvalue weighted by atomic mass is 16.5. The van der Waals surface area contributed by atoms with Crippen LogP contribution in [0.15, 0.2) is 23.3 Å². The van der Waals surface area contributed by atoms with E-state index >= 15 is 0 Å². The second kappa shape index (κ2) is 10.2. The van der Waals surface area contributed by atoms with Crippen molar-refractivity contribution >= 4 is 0 Å². The third kappa shape index (κ3) is 6.36. The van der Waals surface area contributed by atoms with Gasteiger partial charge in [0.2, 0.25) is 0 Å². The summed E-state index contributed by atoms with van der Waals surface area (Å²) in [6, 6.07) is 0. The second-order valence-electron chi connectivity index (χ2n) is 6.56. The van der Waals surface area contributed by atoms with Gasteiger partial charge in [-0.1, -0.05) is 49.5 Å². The van der Waals surface area contributed by atoms with Crippen molar-refractivity contribution in [3.63, 3.8) is 0 Å². The number of allylic oxidation sites excluding steroid dienone is 3. The van der Waals surface area contributed by atoms with Crippen LogP contribution in [-0.4, -0.2) is 24.9 Å². The molecule has 1 rings (SSSR count). The zero-order valence-corrected chi connectivity index (χ0v) is 14.4. The van der Waals surface area contributed by atoms with E-state index in [2.05, 4.69) is 32.9 Å². The number of hydrogen-bond donors (Lipinski definition) is 1. The number of ether oxygens (including phenoxy) is 1. The van der Waals surface area contributed by atoms with E-state index < -0.39 is 0 Å². The van der Waals surface area contributed by atoms with E-state index in [1.807, 2.05) is 7.11 Å². The monoisotopic (exact) mass is 294 g/mol. The molecule has 0 aromatic carbocycles. The van der Waals surface area contributed by atoms with Crippen molar-refractivity contribution in [2.75, 3.05) is 13.7 Å². The van der Waals surface area contributed by atoms with Gasteiger partial charge in [0, 0.05) is 19.6 Å². The number of aliphatic hydroxyl groups excluding tert-OH is 1. The van der Waals surface area contributed by atoms with E-state index in [1.54, 1.807) is 0 Å². The molecule has 1 fully saturated rings. The first-order chi connectivity index (χ1) is 10.1. The fourth-order valence-electron chi connectivity index (χ4n) is 3.49. The Morgan fingerprint density at radius 3 is 2.43 bits per heavy atom. The van der Waals surface area contributed by atoms with Crippen LogP contribution in [0.5, 0.6) is 0 Å². The van der Waals surface area contributed by atoms with Crippen molar-refractivity contribution in [1.82, 2.24) is 0 Å². The van der Waals surface area contributed by atoms with Gasteiger partial charge < -0.3 is 9.84 Å². The van der Waals surface area contributed by atoms with Crippen molar-refractivity contribution in [2.45, 2.75) is 71.8 Å². The van der Waals surface area contributed by atoms with Crippen molar-refractivity contribution in [1.29, 1.82) is 0 Å². The second-order valence-corrected chi connectivity index (χ2v) is 6.56. The van der Waals surface area contributed by atoms with Gasteiger partial charge in [-0.2, -0.15) is 0 Å². The largest absolute Gasteiger partial charge is 0.396 e. The predicted molar refractivity (Wildman–Crippen MR) is 90.4 cm³/mol. The highest BCUT2D eigenvalue weighted by molar-refractivity contribution is 5.27. The first-order valence-electron chi connectivity index (χ1n) is 8.59. The Balaban J connectivity index is 2.63. The lowest BCUT2D eigenvalue weighted by molar-refractivity contribution is 0.0116. The molecule has 1 aliphatic carbocycles. The average molecular weight is 294 g/mol. The fourth-order valence-corrected chi connectivity index (χ4v) is 3.49. The topological polar surface area (TPSA) is 29.5 Å². The highest BCUT2D eigenvalue weighted by Crippen LogP contribution is 2.32. The van der Waals surface area contributed by atoms with E-state index in [9.17, 15) is 0 Å². The van der Waals surface area contributed by atoms with Gasteiger partial charge >= 0.3 is 0 Å². The third-order valence-corrected chi connectivity index (χ3v) is 4.85. The van der Waals surface area contributed by atoms with Crippen LogP contribution in [0.4, 0.5) is 0 Å². The van der Waals surface area contributed by atoms with Crippen molar-refractivity contribution < 1.29 is 9.84 Å². The van der Waals surface area contributed by atoms with Crippen molar-refractivity contribution in [3.05, 3.63) is 23.3 Å². The maximum atomic E-state index is 8.85. The zero-order valence-electron chi connectivity index (χ0n) is 14.4. The van der Waals surface area contributed by atoms with Crippen LogP contribution in [0.2, 0.25) is 0 Å². The summed E-state index contributed by atoms with van der Waals surface area (Å²) in [6.45, 7) is 6.91. The van der Waals surface area contributed by atoms with Crippen molar-refractivity contribution in [3.8, 4) is 0 Å². The summed E-state index contributed by atoms with van der Waals surface area (Å²) in [5.41, 5.74) is 2.67. The number of unbranched alkanes of at least 4 members (excludes halogenated alkanes) is 1. The SMILES string of the molecule is CO[C@H](C1CCCCC1)[C@@H](C)/C=C(C)/C(C)=C/CCCO. The number of methoxy groups -OCH3 is 1. The molecule has 0 unspecified atom stereocenters. The lowest BCUT2D eigenvalue weighted by atomic mass is 9.80. The molecule has 2 atom stereocenters. The first kappa shape index (κ1) is 18.4. The van der Waals surface area contributed by atoms with Crippen LogP contribution in [0.1, 0.15) is 65.7 Å². The molecule has 0 aromatic heterocycles. The summed E-state index contributed by atoms with van der Waals surface area (Å²) in [4.78, 5) is 0. The molecule has 0 aliphatic heterocycles. The smallest absolute Gasteiger partial charge is 0.0659 e. The summed E-state index contributed by atoms with van der Waals surface area (Å²) in [5.74, 6) is 1.18. The molecule has 0 heterocycles. The molecule has 0 spiro atoms. The van der Waals surface area contributed by atoms with Gasteiger partial charge in [-0.15, -0.1) is 0 Å². The van der Waals surface area contributed by atoms with Gasteiger partial charge in [0.05, 0.1) is 6.10 Å². The normalized spacial score (nSPS) is 21.4. The number of rotatable bonds is 8. The van der Waals surface area contributed by atoms with Crippen LogP contribution in [-0.2, 0) is 4.74 Å². The van der Waals surface area contributed by atoms with E-state index in [-0.39, 0.29) is 6.61 Å². The average Bonchev–Trinajstić information content (AvgIpc) is 2.49. The molecule has 21 heavy (non-hydrogen) atoms. The van der Waals surface area contributed by atoms with E-state index in [0.29, 0.717) is 12.0 Å². The van der Waals surface area contributed by atoms with Gasteiger partial charge in [0.15, 0.2) is 0 Å². The summed E-state index contributed by atoms with van der Waals surface area (Å²) in [7, 11) is 1.86. The summed E-state index contributed by atoms with van der Waals surface area (Å²) in [5, 5.41) is 8.85. The molecule has 0 aromatic rings. The van der Waals surface area contributed by atoms with E-state index in [1.165, 1.54) is 43.3 Å². The first-order valence-corrected chi connectivity index (χ1v) is 8.59. The molecule has 2 heteroatoms. The standard InChI is InChI=1S/C19H34O2/c1-15(10-8-9-13-20)16(2)14-17(3)19(21-4)18-11-6-5-7-12-18/h10,14,17-20H,5-9,11-13H2,1-4H3/b15-10+,16-14+/t17-,19-/m0/s1. The Kier molecular flexibility index (Phi) is 8.94. The van der Waals surface area contributed by atoms with Crippen LogP contribution in [0.25, 0.3) is 0 Å². The maximum Gasteiger partial charge on any atom is 0.0659 e. The third-order valence-electron chi connectivity index (χ3n) is 4.85. The van der Waals surface area contributed by atoms with E-state index in [0.717, 1.165) is 18.8 Å². The highest BCUT2D eigenvalue weighted by Gasteiger charge is 2.27. The number of hydrogen-bond acceptors (Lipinski definition) is 2. The lowest BCUT2D eigenvalue weighted by Crippen LogP contribution is -2.30. The zero-order chi connectivity index (χ0) is 15.7. The van der Waals surface area contributed by atoms with Crippen LogP contribution in [0, 0.1) is 11.8 Å². The Bertz CT molecular complexity index is 337. The van der Waals surface area contributed by atoms with Crippen LogP contribution < -0.4 is 0 Å². The van der Waals surface area contributed by atoms with Crippen LogP contribution >= 0.6 is 0 Å². The maximum absolute atomic E-state index is 8.85. The van der Waals surface area contributed by atoms with Crippen LogP contribution in [0.3, 0.4) is 0 Å². The Morgan fingerprint density at radius 2 is 1.86 bits per heavy atom. The molecule has 0 amide bonds. The molecular formula is C19H34O2. The van der Waals surface area contributed by atoms with Gasteiger partial charge in [-0.25, -0.2) is 0 Å². The minimum Gasteiger partial charge on any atom is -0.396 e. The summed E-state index contributed by atoms with van der Waals surface area (Å²) in [6.07, 6.45) is 13.5. The summed E-state index contributed by atoms with van der Waals surface area (Å²) >= 11 is 0. The van der Waals surface area contributed by atoms with Gasteiger partial charge in [0.25, 0.3) is 0 Å². The molecule has 122 valence electrons. The molecule has 1 aliphatic rings. The predicted octanol–water partition coefficient (Wildman–Crippen LogP) is 4.88. The molecule has 1 N–H and O–H groups in total. The quantitative estimate of drug-likeness (QED) is 0.510.